The van der Waals surface area contributed by atoms with Crippen LogP contribution in [0.15, 0.2) is 99.9 Å². The van der Waals surface area contributed by atoms with E-state index in [1.54, 1.807) is 18.4 Å². The Balaban J connectivity index is 1.34. The number of aromatic nitrogens is 2. The van der Waals surface area contributed by atoms with Gasteiger partial charge >= 0.3 is 5.97 Å². The minimum Gasteiger partial charge on any atom is -0.489 e. The number of carbonyl (C=O) groups excluding carboxylic acids is 1. The summed E-state index contributed by atoms with van der Waals surface area (Å²) >= 11 is 7.31. The van der Waals surface area contributed by atoms with Crippen LogP contribution in [0.25, 0.3) is 11.8 Å². The highest BCUT2D eigenvalue weighted by Gasteiger charge is 2.33. The Morgan fingerprint density at radius 2 is 1.67 bits per heavy atom. The third-order valence-corrected chi connectivity index (χ3v) is 9.32. The molecule has 0 radical (unpaired) electrons. The fraction of sp³-hybridized carbons (Fsp3) is 0.216. The van der Waals surface area contributed by atoms with Crippen LogP contribution in [0.4, 0.5) is 0 Å². The SMILES string of the molecule is CCOC(=O)C1=C(C)N=c2s/c(=C\c3cc(C)n(-c4ccc(OCc5ccc(Cl)cc5)cc4)c3C)c(=O)n2[C@@H]1c1ccc(C)cc1. The van der Waals surface area contributed by atoms with Crippen molar-refractivity contribution in [2.45, 2.75) is 47.3 Å². The average Bonchev–Trinajstić information content (AvgIpc) is 3.50. The number of allylic oxidation sites excluding steroid dienone is 1. The molecule has 1 aliphatic rings. The third kappa shape index (κ3) is 6.10. The molecule has 1 atom stereocenters. The van der Waals surface area contributed by atoms with E-state index in [0.717, 1.165) is 45.1 Å². The van der Waals surface area contributed by atoms with Crippen LogP contribution >= 0.6 is 22.9 Å². The molecule has 3 aromatic carbocycles. The van der Waals surface area contributed by atoms with E-state index < -0.39 is 12.0 Å². The van der Waals surface area contributed by atoms with Crippen molar-refractivity contribution < 1.29 is 14.3 Å². The van der Waals surface area contributed by atoms with E-state index in [-0.39, 0.29) is 12.2 Å². The molecule has 5 aromatic rings. The molecule has 0 amide bonds. The maximum atomic E-state index is 14.1. The van der Waals surface area contributed by atoms with E-state index in [4.69, 9.17) is 26.1 Å². The number of benzene rings is 3. The number of halogens is 1. The fourth-order valence-electron chi connectivity index (χ4n) is 5.77. The Labute approximate surface area is 276 Å². The number of hydrogen-bond donors (Lipinski definition) is 0. The monoisotopic (exact) mass is 651 g/mol. The molecular weight excluding hydrogens is 618 g/mol. The van der Waals surface area contributed by atoms with Gasteiger partial charge in [0.15, 0.2) is 4.80 Å². The molecule has 6 rings (SSSR count). The molecule has 0 saturated carbocycles. The summed E-state index contributed by atoms with van der Waals surface area (Å²) in [6.07, 6.45) is 1.92. The number of rotatable bonds is 8. The molecule has 1 aliphatic heterocycles. The maximum Gasteiger partial charge on any atom is 0.338 e. The molecule has 9 heteroatoms. The van der Waals surface area contributed by atoms with Crippen molar-refractivity contribution in [2.75, 3.05) is 6.61 Å². The van der Waals surface area contributed by atoms with Crippen molar-refractivity contribution in [2.24, 2.45) is 4.99 Å². The Kier molecular flexibility index (Phi) is 8.84. The van der Waals surface area contributed by atoms with Crippen LogP contribution in [0.2, 0.25) is 5.02 Å². The van der Waals surface area contributed by atoms with E-state index >= 15 is 0 Å². The van der Waals surface area contributed by atoms with Gasteiger partial charge in [0, 0.05) is 22.1 Å². The van der Waals surface area contributed by atoms with Gasteiger partial charge in [-0.3, -0.25) is 9.36 Å². The molecule has 0 fully saturated rings. The van der Waals surface area contributed by atoms with Crippen LogP contribution in [-0.4, -0.2) is 21.7 Å². The second kappa shape index (κ2) is 13.0. The van der Waals surface area contributed by atoms with Crippen molar-refractivity contribution in [1.82, 2.24) is 9.13 Å². The van der Waals surface area contributed by atoms with Crippen molar-refractivity contribution in [3.8, 4) is 11.4 Å². The number of aryl methyl sites for hydroxylation is 2. The summed E-state index contributed by atoms with van der Waals surface area (Å²) in [7, 11) is 0. The zero-order chi connectivity index (χ0) is 32.5. The van der Waals surface area contributed by atoms with Gasteiger partial charge in [0.05, 0.1) is 28.5 Å². The highest BCUT2D eigenvalue weighted by atomic mass is 35.5. The molecule has 3 heterocycles. The topological polar surface area (TPSA) is 74.8 Å². The summed E-state index contributed by atoms with van der Waals surface area (Å²) in [6, 6.07) is 24.9. The lowest BCUT2D eigenvalue weighted by Crippen LogP contribution is -2.39. The van der Waals surface area contributed by atoms with E-state index in [2.05, 4.69) is 10.6 Å². The molecule has 7 nitrogen and oxygen atoms in total. The van der Waals surface area contributed by atoms with Gasteiger partial charge in [0.2, 0.25) is 0 Å². The number of hydrogen-bond acceptors (Lipinski definition) is 6. The Morgan fingerprint density at radius 1 is 0.978 bits per heavy atom. The van der Waals surface area contributed by atoms with Crippen LogP contribution in [0.1, 0.15) is 53.5 Å². The minimum absolute atomic E-state index is 0.199. The summed E-state index contributed by atoms with van der Waals surface area (Å²) in [5.41, 5.74) is 7.64. The summed E-state index contributed by atoms with van der Waals surface area (Å²) in [5.74, 6) is 0.302. The van der Waals surface area contributed by atoms with Crippen LogP contribution in [0.5, 0.6) is 5.75 Å². The molecule has 0 N–H and O–H groups in total. The molecule has 0 aliphatic carbocycles. The minimum atomic E-state index is -0.633. The van der Waals surface area contributed by atoms with Crippen LogP contribution in [0.3, 0.4) is 0 Å². The number of esters is 1. The summed E-state index contributed by atoms with van der Waals surface area (Å²) in [4.78, 5) is 32.5. The number of thiazole rings is 1. The van der Waals surface area contributed by atoms with Gasteiger partial charge in [-0.25, -0.2) is 9.79 Å². The maximum absolute atomic E-state index is 14.1. The molecule has 0 spiro atoms. The highest BCUT2D eigenvalue weighted by Crippen LogP contribution is 2.31. The Bertz CT molecular complexity index is 2140. The van der Waals surface area contributed by atoms with Crippen LogP contribution in [-0.2, 0) is 16.1 Å². The van der Waals surface area contributed by atoms with E-state index in [1.807, 2.05) is 99.6 Å². The zero-order valence-electron chi connectivity index (χ0n) is 26.3. The molecule has 46 heavy (non-hydrogen) atoms. The highest BCUT2D eigenvalue weighted by molar-refractivity contribution is 7.07. The first kappa shape index (κ1) is 31.3. The molecule has 0 unspecified atom stereocenters. The molecule has 2 aromatic heterocycles. The molecule has 0 saturated heterocycles. The van der Waals surface area contributed by atoms with Crippen LogP contribution < -0.4 is 19.6 Å². The Hall–Kier alpha value is -4.66. The number of fused-ring (bicyclic) bond motifs is 1. The van der Waals surface area contributed by atoms with E-state index in [1.165, 1.54) is 11.3 Å². The van der Waals surface area contributed by atoms with Crippen molar-refractivity contribution >= 4 is 35.0 Å². The first-order chi connectivity index (χ1) is 22.1. The fourth-order valence-corrected chi connectivity index (χ4v) is 6.93. The largest absolute Gasteiger partial charge is 0.489 e. The van der Waals surface area contributed by atoms with Gasteiger partial charge in [-0.05, 0) is 99.8 Å². The predicted octanol–water partition coefficient (Wildman–Crippen LogP) is 6.75. The normalized spacial score (nSPS) is 14.7. The van der Waals surface area contributed by atoms with Crippen molar-refractivity contribution in [3.63, 3.8) is 0 Å². The number of ether oxygens (including phenoxy) is 2. The van der Waals surface area contributed by atoms with Gasteiger partial charge in [-0.15, -0.1) is 0 Å². The molecular formula is C37H34ClN3O4S. The lowest BCUT2D eigenvalue weighted by Gasteiger charge is -2.24. The first-order valence-corrected chi connectivity index (χ1v) is 16.3. The van der Waals surface area contributed by atoms with Crippen molar-refractivity contribution in [3.05, 3.63) is 148 Å². The number of nitrogens with zero attached hydrogens (tertiary/aromatic N) is 3. The summed E-state index contributed by atoms with van der Waals surface area (Å²) in [6.45, 7) is 10.3. The lowest BCUT2D eigenvalue weighted by atomic mass is 9.95. The smallest absolute Gasteiger partial charge is 0.338 e. The van der Waals surface area contributed by atoms with Gasteiger partial charge in [-0.1, -0.05) is 64.9 Å². The van der Waals surface area contributed by atoms with Gasteiger partial charge in [0.1, 0.15) is 12.4 Å². The van der Waals surface area contributed by atoms with Gasteiger partial charge in [0.25, 0.3) is 5.56 Å². The van der Waals surface area contributed by atoms with Crippen molar-refractivity contribution in [1.29, 1.82) is 0 Å². The Morgan fingerprint density at radius 3 is 2.35 bits per heavy atom. The summed E-state index contributed by atoms with van der Waals surface area (Å²) in [5, 5.41) is 0.697. The van der Waals surface area contributed by atoms with Gasteiger partial charge < -0.3 is 14.0 Å². The lowest BCUT2D eigenvalue weighted by molar-refractivity contribution is -0.139. The number of carbonyl (C=O) groups is 1. The average molecular weight is 652 g/mol. The molecule has 0 bridgehead atoms. The van der Waals surface area contributed by atoms with Gasteiger partial charge in [-0.2, -0.15) is 0 Å². The summed E-state index contributed by atoms with van der Waals surface area (Å²) < 4.78 is 15.7. The zero-order valence-corrected chi connectivity index (χ0v) is 27.9. The second-order valence-electron chi connectivity index (χ2n) is 11.3. The van der Waals surface area contributed by atoms with Crippen LogP contribution in [0, 0.1) is 20.8 Å². The predicted molar refractivity (Wildman–Crippen MR) is 183 cm³/mol. The molecule has 234 valence electrons. The third-order valence-electron chi connectivity index (χ3n) is 8.08. The standard InChI is InChI=1S/C37H34ClN3O4S/c1-6-44-36(43)33-24(4)39-37-41(34(33)27-11-7-22(2)8-12-27)35(42)32(46-37)20-28-19-23(3)40(25(28)5)30-15-17-31(18-16-30)45-21-26-9-13-29(38)14-10-26/h7-20,34H,6,21H2,1-5H3/b32-20-/t34-/m1/s1. The quantitative estimate of drug-likeness (QED) is 0.174. The van der Waals surface area contributed by atoms with E-state index in [9.17, 15) is 9.59 Å². The first-order valence-electron chi connectivity index (χ1n) is 15.1. The van der Waals surface area contributed by atoms with E-state index in [0.29, 0.717) is 32.2 Å². The second-order valence-corrected chi connectivity index (χ2v) is 12.7.